The summed E-state index contributed by atoms with van der Waals surface area (Å²) in [7, 11) is 0. The largest absolute Gasteiger partial charge is 0.308 e. The summed E-state index contributed by atoms with van der Waals surface area (Å²) in [4.78, 5) is 11.4. The van der Waals surface area contributed by atoms with Crippen molar-refractivity contribution in [1.29, 1.82) is 0 Å². The molecule has 15 aromatic rings. The van der Waals surface area contributed by atoms with Crippen LogP contribution in [0, 0.1) is 0 Å². The topological polar surface area (TPSA) is 40.0 Å². The lowest BCUT2D eigenvalue weighted by Gasteiger charge is -2.13. The number of aromatic nitrogens is 5. The van der Waals surface area contributed by atoms with Gasteiger partial charge in [0.15, 0.2) is 5.82 Å². The number of para-hydroxylation sites is 3. The molecule has 0 aliphatic carbocycles. The van der Waals surface area contributed by atoms with Gasteiger partial charge in [-0.1, -0.05) is 140 Å². The van der Waals surface area contributed by atoms with Gasteiger partial charge in [0.05, 0.1) is 48.8 Å². The Morgan fingerprint density at radius 2 is 1.00 bits per heavy atom. The third kappa shape index (κ3) is 4.12. The van der Waals surface area contributed by atoms with Crippen LogP contribution in [0.3, 0.4) is 0 Å². The maximum Gasteiger partial charge on any atom is 0.237 e. The molecule has 0 saturated heterocycles. The van der Waals surface area contributed by atoms with Crippen molar-refractivity contribution in [1.82, 2.24) is 23.5 Å². The van der Waals surface area contributed by atoms with Crippen molar-refractivity contribution in [2.45, 2.75) is 0 Å². The van der Waals surface area contributed by atoms with Gasteiger partial charge in [-0.15, -0.1) is 11.3 Å². The van der Waals surface area contributed by atoms with Crippen LogP contribution in [-0.4, -0.2) is 23.5 Å². The lowest BCUT2D eigenvalue weighted by atomic mass is 10.00. The van der Waals surface area contributed by atoms with Crippen molar-refractivity contribution in [2.75, 3.05) is 0 Å². The maximum absolute atomic E-state index is 5.80. The molecule has 0 atom stereocenters. The molecule has 0 unspecified atom stereocenters. The molecule has 0 fully saturated rings. The van der Waals surface area contributed by atoms with Crippen LogP contribution in [0.2, 0.25) is 0 Å². The first-order valence-corrected chi connectivity index (χ1v) is 21.9. The number of thiophene rings is 1. The Kier molecular flexibility index (Phi) is 6.24. The first-order valence-electron chi connectivity index (χ1n) is 21.1. The highest BCUT2D eigenvalue weighted by molar-refractivity contribution is 7.26. The maximum atomic E-state index is 5.80. The number of nitrogens with zero attached hydrogens (tertiary/aromatic N) is 5. The van der Waals surface area contributed by atoms with E-state index in [2.05, 4.69) is 202 Å². The van der Waals surface area contributed by atoms with Crippen LogP contribution >= 0.6 is 11.3 Å². The SMILES string of the molecule is c1ccc(-c2ccc3c(c2)c2cc4c5ccccc5n(-c5nc(-n6c7ccccc7c7c8ccccc8ccc76)nc6c5sc5ccccc56)c4c4c5ccccc5n3c24)cc1. The second-order valence-corrected chi connectivity index (χ2v) is 17.6. The lowest BCUT2D eigenvalue weighted by molar-refractivity contribution is 0.977. The van der Waals surface area contributed by atoms with E-state index in [4.69, 9.17) is 9.97 Å². The summed E-state index contributed by atoms with van der Waals surface area (Å²) < 4.78 is 9.50. The molecule has 9 aromatic carbocycles. The number of benzene rings is 9. The fraction of sp³-hybridized carbons (Fsp3) is 0. The third-order valence-electron chi connectivity index (χ3n) is 13.4. The fourth-order valence-corrected chi connectivity index (χ4v) is 11.9. The van der Waals surface area contributed by atoms with Crippen molar-refractivity contribution >= 4 is 124 Å². The standard InChI is InChI=1S/C56H31N5S/c1-2-14-32(15-3-1)34-27-28-46-40(30-34)42-31-41-36-18-6-10-22-43(36)61(53(41)50-38-20-8-11-23-44(38)59(46)52(42)50)55-54-51(39-21-9-13-25-48(39)62-54)57-56(58-55)60-45-24-12-7-19-37(45)49-35-17-5-4-16-33(35)26-29-47(49)60/h1-31H. The van der Waals surface area contributed by atoms with E-state index in [1.165, 1.54) is 86.2 Å². The van der Waals surface area contributed by atoms with Crippen LogP contribution in [0.5, 0.6) is 0 Å². The molecule has 15 rings (SSSR count). The monoisotopic (exact) mass is 805 g/mol. The van der Waals surface area contributed by atoms with E-state index >= 15 is 0 Å². The van der Waals surface area contributed by atoms with Gasteiger partial charge in [0.2, 0.25) is 5.95 Å². The third-order valence-corrected chi connectivity index (χ3v) is 14.5. The molecule has 0 saturated carbocycles. The molecule has 5 nitrogen and oxygen atoms in total. The van der Waals surface area contributed by atoms with Crippen LogP contribution < -0.4 is 0 Å². The van der Waals surface area contributed by atoms with Crippen LogP contribution in [0.15, 0.2) is 188 Å². The predicted octanol–water partition coefficient (Wildman–Crippen LogP) is 15.0. The van der Waals surface area contributed by atoms with Gasteiger partial charge in [-0.2, -0.15) is 4.98 Å². The lowest BCUT2D eigenvalue weighted by Crippen LogP contribution is -2.06. The molecule has 6 aromatic heterocycles. The highest BCUT2D eigenvalue weighted by Crippen LogP contribution is 2.48. The van der Waals surface area contributed by atoms with Gasteiger partial charge >= 0.3 is 0 Å². The molecule has 62 heavy (non-hydrogen) atoms. The summed E-state index contributed by atoms with van der Waals surface area (Å²) >= 11 is 1.78. The zero-order valence-corrected chi connectivity index (χ0v) is 33.9. The quantitative estimate of drug-likeness (QED) is 0.178. The van der Waals surface area contributed by atoms with Gasteiger partial charge < -0.3 is 4.40 Å². The second-order valence-electron chi connectivity index (χ2n) is 16.5. The summed E-state index contributed by atoms with van der Waals surface area (Å²) in [6.07, 6.45) is 0. The average molecular weight is 806 g/mol. The average Bonchev–Trinajstić information content (AvgIpc) is 4.13. The first-order chi connectivity index (χ1) is 30.8. The van der Waals surface area contributed by atoms with Gasteiger partial charge in [-0.25, -0.2) is 4.98 Å². The Hall–Kier alpha value is -8.06. The molecular weight excluding hydrogens is 775 g/mol. The number of hydrogen-bond donors (Lipinski definition) is 0. The minimum atomic E-state index is 0.656. The fourth-order valence-electron chi connectivity index (χ4n) is 10.8. The van der Waals surface area contributed by atoms with E-state index in [9.17, 15) is 0 Å². The molecule has 286 valence electrons. The molecule has 0 spiro atoms. The zero-order chi connectivity index (χ0) is 40.2. The minimum absolute atomic E-state index is 0.656. The van der Waals surface area contributed by atoms with Crippen LogP contribution in [-0.2, 0) is 0 Å². The second kappa shape index (κ2) is 11.8. The Morgan fingerprint density at radius 3 is 1.84 bits per heavy atom. The van der Waals surface area contributed by atoms with E-state index in [1.54, 1.807) is 11.3 Å². The molecule has 0 bridgehead atoms. The predicted molar refractivity (Wildman–Crippen MR) is 261 cm³/mol. The Balaban J connectivity index is 1.13. The van der Waals surface area contributed by atoms with E-state index in [0.29, 0.717) is 5.95 Å². The van der Waals surface area contributed by atoms with Crippen LogP contribution in [0.25, 0.3) is 136 Å². The van der Waals surface area contributed by atoms with Crippen LogP contribution in [0.1, 0.15) is 0 Å². The molecule has 0 aliphatic heterocycles. The van der Waals surface area contributed by atoms with Crippen molar-refractivity contribution < 1.29 is 0 Å². The number of fused-ring (bicyclic) bond motifs is 18. The minimum Gasteiger partial charge on any atom is -0.308 e. The molecule has 0 amide bonds. The Labute approximate surface area is 356 Å². The summed E-state index contributed by atoms with van der Waals surface area (Å²) in [6, 6.07) is 68.5. The number of hydrogen-bond acceptors (Lipinski definition) is 3. The van der Waals surface area contributed by atoms with Gasteiger partial charge in [0, 0.05) is 53.2 Å². The van der Waals surface area contributed by atoms with E-state index < -0.39 is 0 Å². The summed E-state index contributed by atoms with van der Waals surface area (Å²) in [5.74, 6) is 1.54. The molecule has 6 heterocycles. The van der Waals surface area contributed by atoms with Crippen molar-refractivity contribution in [3.63, 3.8) is 0 Å². The smallest absolute Gasteiger partial charge is 0.237 e. The van der Waals surface area contributed by atoms with Gasteiger partial charge in [-0.3, -0.25) is 9.13 Å². The molecule has 0 N–H and O–H groups in total. The summed E-state index contributed by atoms with van der Waals surface area (Å²) in [6.45, 7) is 0. The van der Waals surface area contributed by atoms with E-state index in [0.717, 1.165) is 43.5 Å². The Bertz CT molecular complexity index is 4390. The molecule has 6 heteroatoms. The molecule has 0 aliphatic rings. The van der Waals surface area contributed by atoms with Gasteiger partial charge in [0.25, 0.3) is 0 Å². The van der Waals surface area contributed by atoms with Gasteiger partial charge in [0.1, 0.15) is 0 Å². The van der Waals surface area contributed by atoms with Crippen molar-refractivity contribution in [2.24, 2.45) is 0 Å². The normalized spacial score (nSPS) is 12.5. The number of rotatable bonds is 3. The molecule has 0 radical (unpaired) electrons. The van der Waals surface area contributed by atoms with Gasteiger partial charge in [-0.05, 0) is 70.4 Å². The van der Waals surface area contributed by atoms with Crippen molar-refractivity contribution in [3.05, 3.63) is 188 Å². The van der Waals surface area contributed by atoms with Crippen LogP contribution in [0.4, 0.5) is 0 Å². The zero-order valence-electron chi connectivity index (χ0n) is 33.0. The van der Waals surface area contributed by atoms with Crippen molar-refractivity contribution in [3.8, 4) is 22.9 Å². The summed E-state index contributed by atoms with van der Waals surface area (Å²) in [5, 5.41) is 13.4. The highest BCUT2D eigenvalue weighted by atomic mass is 32.1. The highest BCUT2D eigenvalue weighted by Gasteiger charge is 2.27. The van der Waals surface area contributed by atoms with E-state index in [1.807, 2.05) is 0 Å². The first kappa shape index (κ1) is 32.8. The Morgan fingerprint density at radius 1 is 0.371 bits per heavy atom. The molecular formula is C56H31N5S. The van der Waals surface area contributed by atoms with E-state index in [-0.39, 0.29) is 0 Å². The summed E-state index contributed by atoms with van der Waals surface area (Å²) in [5.41, 5.74) is 11.5.